The number of carbonyl (C=O) groups excluding carboxylic acids is 1. The topological polar surface area (TPSA) is 71.4 Å². The van der Waals surface area contributed by atoms with Gasteiger partial charge in [-0.2, -0.15) is 0 Å². The molecule has 1 saturated heterocycles. The van der Waals surface area contributed by atoms with Crippen LogP contribution in [-0.2, 0) is 17.1 Å². The van der Waals surface area contributed by atoms with Crippen LogP contribution in [0.3, 0.4) is 0 Å². The van der Waals surface area contributed by atoms with Crippen molar-refractivity contribution in [3.8, 4) is 0 Å². The van der Waals surface area contributed by atoms with Gasteiger partial charge < -0.3 is 9.47 Å². The van der Waals surface area contributed by atoms with E-state index in [0.29, 0.717) is 25.3 Å². The van der Waals surface area contributed by atoms with Gasteiger partial charge in [-0.25, -0.2) is 13.1 Å². The molecule has 1 atom stereocenters. The van der Waals surface area contributed by atoms with E-state index in [-0.39, 0.29) is 11.8 Å². The molecule has 1 aromatic rings. The van der Waals surface area contributed by atoms with E-state index in [1.165, 1.54) is 0 Å². The maximum Gasteiger partial charge on any atom is 0.270 e. The Labute approximate surface area is 119 Å². The monoisotopic (exact) mass is 297 g/mol. The zero-order valence-corrected chi connectivity index (χ0v) is 12.3. The Morgan fingerprint density at radius 1 is 1.60 bits per heavy atom. The highest BCUT2D eigenvalue weighted by molar-refractivity contribution is 7.92. The largest absolute Gasteiger partial charge is 0.347 e. The molecule has 0 aromatic carbocycles. The second-order valence-corrected chi connectivity index (χ2v) is 6.68. The van der Waals surface area contributed by atoms with E-state index in [1.807, 2.05) is 19.3 Å². The maximum absolute atomic E-state index is 12.3. The first-order valence-electron chi connectivity index (χ1n) is 6.45. The van der Waals surface area contributed by atoms with E-state index in [0.717, 1.165) is 11.8 Å². The van der Waals surface area contributed by atoms with Gasteiger partial charge >= 0.3 is 0 Å². The summed E-state index contributed by atoms with van der Waals surface area (Å²) in [7, 11) is -1.56. The number of hydrogen-bond acceptors (Lipinski definition) is 3. The number of aryl methyl sites for hydroxylation is 1. The van der Waals surface area contributed by atoms with Crippen LogP contribution in [0.15, 0.2) is 30.3 Å². The molecular formula is C13H19N3O3S. The highest BCUT2D eigenvalue weighted by Gasteiger charge is 2.28. The number of hydrogen-bond donors (Lipinski definition) is 1. The van der Waals surface area contributed by atoms with Crippen LogP contribution in [-0.4, -0.2) is 43.4 Å². The summed E-state index contributed by atoms with van der Waals surface area (Å²) < 4.78 is 26.8. The van der Waals surface area contributed by atoms with Gasteiger partial charge in [-0.1, -0.05) is 6.58 Å². The number of nitrogens with zero attached hydrogens (tertiary/aromatic N) is 2. The summed E-state index contributed by atoms with van der Waals surface area (Å²) >= 11 is 0. The van der Waals surface area contributed by atoms with Crippen LogP contribution >= 0.6 is 0 Å². The summed E-state index contributed by atoms with van der Waals surface area (Å²) in [4.78, 5) is 14.0. The summed E-state index contributed by atoms with van der Waals surface area (Å²) in [6, 6.07) is 3.62. The second-order valence-electron chi connectivity index (χ2n) is 4.97. The highest BCUT2D eigenvalue weighted by Crippen LogP contribution is 2.18. The summed E-state index contributed by atoms with van der Waals surface area (Å²) in [6.07, 6.45) is 2.63. The standard InChI is InChI=1S/C13H19N3O3S/c1-3-20(18,19)14-9-11-6-8-16(10-11)13(17)12-5-4-7-15(12)2/h3-5,7,11,14H,1,6,8-10H2,2H3. The summed E-state index contributed by atoms with van der Waals surface area (Å²) in [5, 5.41) is 0.898. The number of sulfonamides is 1. The Bertz CT molecular complexity index is 606. The number of aromatic nitrogens is 1. The zero-order valence-electron chi connectivity index (χ0n) is 11.4. The van der Waals surface area contributed by atoms with Gasteiger partial charge in [0, 0.05) is 38.3 Å². The van der Waals surface area contributed by atoms with Crippen molar-refractivity contribution in [1.29, 1.82) is 0 Å². The number of carbonyl (C=O) groups is 1. The Hall–Kier alpha value is -1.60. The van der Waals surface area contributed by atoms with Crippen molar-refractivity contribution in [3.63, 3.8) is 0 Å². The highest BCUT2D eigenvalue weighted by atomic mass is 32.2. The van der Waals surface area contributed by atoms with Crippen LogP contribution < -0.4 is 4.72 Å². The molecule has 0 saturated carbocycles. The van der Waals surface area contributed by atoms with Crippen LogP contribution in [0.1, 0.15) is 16.9 Å². The fourth-order valence-corrected chi connectivity index (χ4v) is 2.91. The molecule has 1 aliphatic heterocycles. The molecule has 1 N–H and O–H groups in total. The smallest absolute Gasteiger partial charge is 0.270 e. The molecule has 1 amide bonds. The fourth-order valence-electron chi connectivity index (χ4n) is 2.32. The van der Waals surface area contributed by atoms with Gasteiger partial charge in [-0.15, -0.1) is 0 Å². The van der Waals surface area contributed by atoms with Crippen LogP contribution in [0, 0.1) is 5.92 Å². The molecule has 20 heavy (non-hydrogen) atoms. The van der Waals surface area contributed by atoms with Crippen LogP contribution in [0.2, 0.25) is 0 Å². The van der Waals surface area contributed by atoms with Crippen LogP contribution in [0.25, 0.3) is 0 Å². The molecule has 2 heterocycles. The van der Waals surface area contributed by atoms with Gasteiger partial charge in [-0.3, -0.25) is 4.79 Å². The minimum atomic E-state index is -3.39. The van der Waals surface area contributed by atoms with Crippen LogP contribution in [0.4, 0.5) is 0 Å². The lowest BCUT2D eigenvalue weighted by Crippen LogP contribution is -2.33. The maximum atomic E-state index is 12.3. The van der Waals surface area contributed by atoms with Gasteiger partial charge in [0.25, 0.3) is 5.91 Å². The predicted octanol–water partition coefficient (Wildman–Crippen LogP) is 0.550. The number of likely N-dealkylation sites (tertiary alicyclic amines) is 1. The lowest BCUT2D eigenvalue weighted by Gasteiger charge is -2.17. The Balaban J connectivity index is 1.91. The number of amides is 1. The third-order valence-corrected chi connectivity index (χ3v) is 4.54. The molecule has 2 rings (SSSR count). The molecule has 0 aliphatic carbocycles. The Morgan fingerprint density at radius 3 is 2.95 bits per heavy atom. The average Bonchev–Trinajstić information content (AvgIpc) is 3.04. The van der Waals surface area contributed by atoms with Gasteiger partial charge in [-0.05, 0) is 24.5 Å². The fraction of sp³-hybridized carbons (Fsp3) is 0.462. The second kappa shape index (κ2) is 5.80. The SMILES string of the molecule is C=CS(=O)(=O)NCC1CCN(C(=O)c2cccn2C)C1. The van der Waals surface area contributed by atoms with Crippen molar-refractivity contribution in [2.24, 2.45) is 13.0 Å². The summed E-state index contributed by atoms with van der Waals surface area (Å²) in [5.74, 6) is 0.139. The lowest BCUT2D eigenvalue weighted by atomic mass is 10.1. The molecule has 1 aliphatic rings. The van der Waals surface area contributed by atoms with E-state index < -0.39 is 10.0 Å². The van der Waals surface area contributed by atoms with Crippen LogP contribution in [0.5, 0.6) is 0 Å². The van der Waals surface area contributed by atoms with E-state index >= 15 is 0 Å². The molecular weight excluding hydrogens is 278 g/mol. The molecule has 6 nitrogen and oxygen atoms in total. The van der Waals surface area contributed by atoms with E-state index in [2.05, 4.69) is 11.3 Å². The van der Waals surface area contributed by atoms with Gasteiger partial charge in [0.05, 0.1) is 0 Å². The van der Waals surface area contributed by atoms with Crippen molar-refractivity contribution < 1.29 is 13.2 Å². The van der Waals surface area contributed by atoms with Gasteiger partial charge in [0.2, 0.25) is 10.0 Å². The van der Waals surface area contributed by atoms with E-state index in [4.69, 9.17) is 0 Å². The molecule has 110 valence electrons. The normalized spacial score (nSPS) is 19.2. The first-order chi connectivity index (χ1) is 9.43. The molecule has 0 bridgehead atoms. The number of nitrogens with one attached hydrogen (secondary N) is 1. The van der Waals surface area contributed by atoms with Crippen molar-refractivity contribution >= 4 is 15.9 Å². The quantitative estimate of drug-likeness (QED) is 0.863. The minimum Gasteiger partial charge on any atom is -0.347 e. The third kappa shape index (κ3) is 3.29. The van der Waals surface area contributed by atoms with Gasteiger partial charge in [0.15, 0.2) is 0 Å². The molecule has 1 fully saturated rings. The number of rotatable bonds is 5. The van der Waals surface area contributed by atoms with Crippen molar-refractivity contribution in [3.05, 3.63) is 36.0 Å². The van der Waals surface area contributed by atoms with Crippen molar-refractivity contribution in [1.82, 2.24) is 14.2 Å². The molecule has 0 radical (unpaired) electrons. The lowest BCUT2D eigenvalue weighted by molar-refractivity contribution is 0.0778. The van der Waals surface area contributed by atoms with Crippen molar-refractivity contribution in [2.75, 3.05) is 19.6 Å². The van der Waals surface area contributed by atoms with Gasteiger partial charge in [0.1, 0.15) is 5.69 Å². The Morgan fingerprint density at radius 2 is 2.35 bits per heavy atom. The molecule has 0 spiro atoms. The average molecular weight is 297 g/mol. The van der Waals surface area contributed by atoms with E-state index in [1.54, 1.807) is 15.5 Å². The first kappa shape index (κ1) is 14.8. The predicted molar refractivity (Wildman–Crippen MR) is 76.5 cm³/mol. The first-order valence-corrected chi connectivity index (χ1v) is 8.00. The van der Waals surface area contributed by atoms with Crippen molar-refractivity contribution in [2.45, 2.75) is 6.42 Å². The molecule has 7 heteroatoms. The Kier molecular flexibility index (Phi) is 4.29. The molecule has 1 aromatic heterocycles. The summed E-state index contributed by atoms with van der Waals surface area (Å²) in [5.41, 5.74) is 0.650. The third-order valence-electron chi connectivity index (χ3n) is 3.53. The summed E-state index contributed by atoms with van der Waals surface area (Å²) in [6.45, 7) is 4.82. The van der Waals surface area contributed by atoms with E-state index in [9.17, 15) is 13.2 Å². The molecule has 1 unspecified atom stereocenters. The zero-order chi connectivity index (χ0) is 14.8. The minimum absolute atomic E-state index is 0.00780.